The standard InChI is InChI=1S/C14H15FN4O4S2/c15-10-1-3-11(4-2-10)25(21,22)19-7-5-18(6-8-19)14-17-9-12(24-14)13(20)23-16/h1-4,9H,5-8,16H2. The molecule has 0 aliphatic carbocycles. The van der Waals surface area contributed by atoms with Gasteiger partial charge in [0.25, 0.3) is 0 Å². The maximum atomic E-state index is 13.0. The fourth-order valence-electron chi connectivity index (χ4n) is 2.44. The number of anilines is 1. The second kappa shape index (κ2) is 7.04. The SMILES string of the molecule is NOC(=O)c1cnc(N2CCN(S(=O)(=O)c3ccc(F)cc3)CC2)s1. The molecular formula is C14H15FN4O4S2. The molecule has 0 unspecified atom stereocenters. The highest BCUT2D eigenvalue weighted by atomic mass is 32.2. The molecule has 2 N–H and O–H groups in total. The summed E-state index contributed by atoms with van der Waals surface area (Å²) in [5.74, 6) is 3.69. The number of halogens is 1. The average Bonchev–Trinajstić information content (AvgIpc) is 3.11. The molecule has 0 atom stereocenters. The Morgan fingerprint density at radius 1 is 1.20 bits per heavy atom. The van der Waals surface area contributed by atoms with Gasteiger partial charge in [-0.2, -0.15) is 10.2 Å². The Morgan fingerprint density at radius 2 is 1.84 bits per heavy atom. The Bertz CT molecular complexity index is 861. The van der Waals surface area contributed by atoms with Crippen LogP contribution in [0.15, 0.2) is 35.4 Å². The third-order valence-electron chi connectivity index (χ3n) is 3.76. The van der Waals surface area contributed by atoms with Crippen molar-refractivity contribution in [3.63, 3.8) is 0 Å². The molecule has 2 heterocycles. The first-order chi connectivity index (χ1) is 11.9. The minimum atomic E-state index is -3.66. The Kier molecular flexibility index (Phi) is 4.99. The Balaban J connectivity index is 1.68. The number of rotatable bonds is 4. The lowest BCUT2D eigenvalue weighted by atomic mass is 10.4. The molecule has 1 saturated heterocycles. The molecule has 1 aromatic carbocycles. The minimum Gasteiger partial charge on any atom is -0.369 e. The number of hydrogen-bond donors (Lipinski definition) is 1. The van der Waals surface area contributed by atoms with Crippen LogP contribution in [0.3, 0.4) is 0 Å². The second-order valence-corrected chi connectivity index (χ2v) is 8.20. The van der Waals surface area contributed by atoms with Crippen LogP contribution in [0.2, 0.25) is 0 Å². The van der Waals surface area contributed by atoms with Gasteiger partial charge < -0.3 is 9.74 Å². The highest BCUT2D eigenvalue weighted by molar-refractivity contribution is 7.89. The predicted octanol–water partition coefficient (Wildman–Crippen LogP) is 0.824. The first-order valence-corrected chi connectivity index (χ1v) is 9.55. The van der Waals surface area contributed by atoms with Crippen molar-refractivity contribution in [1.29, 1.82) is 0 Å². The predicted molar refractivity (Wildman–Crippen MR) is 89.1 cm³/mol. The number of thiazole rings is 1. The third kappa shape index (κ3) is 3.63. The van der Waals surface area contributed by atoms with Crippen LogP contribution in [0.25, 0.3) is 0 Å². The molecule has 0 saturated carbocycles. The molecular weight excluding hydrogens is 371 g/mol. The van der Waals surface area contributed by atoms with Gasteiger partial charge in [-0.25, -0.2) is 22.6 Å². The summed E-state index contributed by atoms with van der Waals surface area (Å²) in [7, 11) is -3.66. The van der Waals surface area contributed by atoms with Gasteiger partial charge in [-0.1, -0.05) is 11.3 Å². The van der Waals surface area contributed by atoms with E-state index in [9.17, 15) is 17.6 Å². The van der Waals surface area contributed by atoms with E-state index >= 15 is 0 Å². The quantitative estimate of drug-likeness (QED) is 0.776. The van der Waals surface area contributed by atoms with Crippen molar-refractivity contribution in [3.05, 3.63) is 41.2 Å². The van der Waals surface area contributed by atoms with Crippen molar-refractivity contribution in [2.24, 2.45) is 5.90 Å². The maximum Gasteiger partial charge on any atom is 0.368 e. The van der Waals surface area contributed by atoms with E-state index in [0.717, 1.165) is 23.5 Å². The van der Waals surface area contributed by atoms with E-state index in [4.69, 9.17) is 5.90 Å². The van der Waals surface area contributed by atoms with Crippen molar-refractivity contribution in [2.45, 2.75) is 4.90 Å². The molecule has 0 amide bonds. The lowest BCUT2D eigenvalue weighted by Crippen LogP contribution is -2.48. The summed E-state index contributed by atoms with van der Waals surface area (Å²) in [4.78, 5) is 21.9. The van der Waals surface area contributed by atoms with Gasteiger partial charge in [0.05, 0.1) is 11.1 Å². The molecule has 1 fully saturated rings. The molecule has 0 spiro atoms. The number of piperazine rings is 1. The van der Waals surface area contributed by atoms with Crippen LogP contribution >= 0.6 is 11.3 Å². The fourth-order valence-corrected chi connectivity index (χ4v) is 4.71. The molecule has 0 bridgehead atoms. The summed E-state index contributed by atoms with van der Waals surface area (Å²) in [5, 5.41) is 0.597. The normalized spacial score (nSPS) is 16.0. The molecule has 0 radical (unpaired) electrons. The van der Waals surface area contributed by atoms with E-state index in [1.54, 1.807) is 0 Å². The smallest absolute Gasteiger partial charge is 0.368 e. The number of sulfonamides is 1. The van der Waals surface area contributed by atoms with E-state index in [-0.39, 0.29) is 22.9 Å². The molecule has 3 rings (SSSR count). The maximum absolute atomic E-state index is 13.0. The summed E-state index contributed by atoms with van der Waals surface area (Å²) in [6.45, 7) is 1.36. The summed E-state index contributed by atoms with van der Waals surface area (Å²) in [5.41, 5.74) is 0. The van der Waals surface area contributed by atoms with E-state index < -0.39 is 21.8 Å². The zero-order valence-corrected chi connectivity index (χ0v) is 14.6. The number of carbonyl (C=O) groups is 1. The van der Waals surface area contributed by atoms with Crippen molar-refractivity contribution in [2.75, 3.05) is 31.1 Å². The van der Waals surface area contributed by atoms with Crippen molar-refractivity contribution >= 4 is 32.5 Å². The van der Waals surface area contributed by atoms with E-state index in [0.29, 0.717) is 18.2 Å². The number of nitrogens with two attached hydrogens (primary N) is 1. The van der Waals surface area contributed by atoms with Gasteiger partial charge in [-0.3, -0.25) is 0 Å². The first kappa shape index (κ1) is 17.7. The summed E-state index contributed by atoms with van der Waals surface area (Å²) < 4.78 is 39.5. The lowest BCUT2D eigenvalue weighted by molar-refractivity contribution is 0.0509. The van der Waals surface area contributed by atoms with Gasteiger partial charge in [0.15, 0.2) is 5.13 Å². The highest BCUT2D eigenvalue weighted by Gasteiger charge is 2.29. The van der Waals surface area contributed by atoms with Crippen LogP contribution in [0.4, 0.5) is 9.52 Å². The minimum absolute atomic E-state index is 0.0598. The van der Waals surface area contributed by atoms with E-state index in [2.05, 4.69) is 9.82 Å². The van der Waals surface area contributed by atoms with Crippen molar-refractivity contribution in [1.82, 2.24) is 9.29 Å². The van der Waals surface area contributed by atoms with Crippen LogP contribution < -0.4 is 10.8 Å². The second-order valence-electron chi connectivity index (χ2n) is 5.26. The van der Waals surface area contributed by atoms with Gasteiger partial charge in [0, 0.05) is 26.2 Å². The van der Waals surface area contributed by atoms with Gasteiger partial charge in [-0.15, -0.1) is 0 Å². The molecule has 1 aromatic heterocycles. The van der Waals surface area contributed by atoms with Gasteiger partial charge >= 0.3 is 5.97 Å². The van der Waals surface area contributed by atoms with Crippen LogP contribution in [-0.4, -0.2) is 49.9 Å². The lowest BCUT2D eigenvalue weighted by Gasteiger charge is -2.33. The van der Waals surface area contributed by atoms with Crippen LogP contribution in [0.1, 0.15) is 9.67 Å². The zero-order chi connectivity index (χ0) is 18.0. The molecule has 11 heteroatoms. The number of aromatic nitrogens is 1. The van der Waals surface area contributed by atoms with Gasteiger partial charge in [0.1, 0.15) is 10.7 Å². The first-order valence-electron chi connectivity index (χ1n) is 7.29. The molecule has 25 heavy (non-hydrogen) atoms. The van der Waals surface area contributed by atoms with Crippen LogP contribution in [0, 0.1) is 5.82 Å². The molecule has 1 aliphatic rings. The number of carbonyl (C=O) groups excluding carboxylic acids is 1. The monoisotopic (exact) mass is 386 g/mol. The molecule has 8 nitrogen and oxygen atoms in total. The van der Waals surface area contributed by atoms with Gasteiger partial charge in [0.2, 0.25) is 10.0 Å². The van der Waals surface area contributed by atoms with Crippen LogP contribution in [0.5, 0.6) is 0 Å². The number of benzene rings is 1. The summed E-state index contributed by atoms with van der Waals surface area (Å²) >= 11 is 1.13. The third-order valence-corrected chi connectivity index (χ3v) is 6.71. The Morgan fingerprint density at radius 3 is 2.44 bits per heavy atom. The van der Waals surface area contributed by atoms with Crippen molar-refractivity contribution < 1.29 is 22.4 Å². The van der Waals surface area contributed by atoms with E-state index in [1.807, 2.05) is 4.90 Å². The molecule has 1 aliphatic heterocycles. The topological polar surface area (TPSA) is 106 Å². The number of hydrogen-bond acceptors (Lipinski definition) is 8. The average molecular weight is 386 g/mol. The zero-order valence-electron chi connectivity index (χ0n) is 13.0. The molecule has 2 aromatic rings. The largest absolute Gasteiger partial charge is 0.369 e. The summed E-state index contributed by atoms with van der Waals surface area (Å²) in [6, 6.07) is 4.75. The van der Waals surface area contributed by atoms with Gasteiger partial charge in [-0.05, 0) is 24.3 Å². The highest BCUT2D eigenvalue weighted by Crippen LogP contribution is 2.25. The molecule has 134 valence electrons. The Hall–Kier alpha value is -2.08. The van der Waals surface area contributed by atoms with E-state index in [1.165, 1.54) is 22.6 Å². The number of nitrogens with zero attached hydrogens (tertiary/aromatic N) is 3. The Labute approximate surface area is 147 Å². The van der Waals surface area contributed by atoms with Crippen LogP contribution in [-0.2, 0) is 14.9 Å². The fraction of sp³-hybridized carbons (Fsp3) is 0.286. The van der Waals surface area contributed by atoms with Crippen molar-refractivity contribution in [3.8, 4) is 0 Å². The summed E-state index contributed by atoms with van der Waals surface area (Å²) in [6.07, 6.45) is 1.37.